The van der Waals surface area contributed by atoms with Gasteiger partial charge in [0.15, 0.2) is 15.0 Å². The van der Waals surface area contributed by atoms with Crippen molar-refractivity contribution in [2.75, 3.05) is 11.5 Å². The third-order valence-electron chi connectivity index (χ3n) is 3.26. The number of fused-ring (bicyclic) bond motifs is 1. The summed E-state index contributed by atoms with van der Waals surface area (Å²) in [6.45, 7) is 0. The van der Waals surface area contributed by atoms with Gasteiger partial charge in [-0.15, -0.1) is 0 Å². The molecule has 1 N–H and O–H groups in total. The van der Waals surface area contributed by atoms with Crippen molar-refractivity contribution in [2.24, 2.45) is 5.10 Å². The van der Waals surface area contributed by atoms with Crippen LogP contribution in [0, 0.1) is 5.41 Å². The lowest BCUT2D eigenvalue weighted by atomic mass is 10.2. The highest BCUT2D eigenvalue weighted by molar-refractivity contribution is 8.15. The van der Waals surface area contributed by atoms with Crippen LogP contribution in [0.4, 0.5) is 0 Å². The Balaban J connectivity index is 1.79. The second-order valence-electron chi connectivity index (χ2n) is 4.75. The molecular formula is C12H12ClN3O2S2. The van der Waals surface area contributed by atoms with Crippen molar-refractivity contribution in [3.63, 3.8) is 0 Å². The summed E-state index contributed by atoms with van der Waals surface area (Å²) in [6, 6.07) is 6.94. The molecule has 2 fully saturated rings. The van der Waals surface area contributed by atoms with Gasteiger partial charge in [0, 0.05) is 10.3 Å². The number of amidine groups is 1. The molecule has 0 spiro atoms. The van der Waals surface area contributed by atoms with Gasteiger partial charge in [0.2, 0.25) is 0 Å². The van der Waals surface area contributed by atoms with Crippen molar-refractivity contribution in [1.82, 2.24) is 5.01 Å². The molecule has 20 heavy (non-hydrogen) atoms. The second kappa shape index (κ2) is 5.05. The van der Waals surface area contributed by atoms with Crippen molar-refractivity contribution < 1.29 is 8.42 Å². The highest BCUT2D eigenvalue weighted by Crippen LogP contribution is 2.37. The first kappa shape index (κ1) is 13.9. The van der Waals surface area contributed by atoms with Crippen molar-refractivity contribution in [2.45, 2.75) is 11.3 Å². The van der Waals surface area contributed by atoms with Crippen molar-refractivity contribution >= 4 is 44.6 Å². The van der Waals surface area contributed by atoms with Crippen LogP contribution in [0.15, 0.2) is 29.4 Å². The molecule has 2 aliphatic heterocycles. The largest absolute Gasteiger partial charge is 0.277 e. The zero-order chi connectivity index (χ0) is 14.3. The molecule has 5 nitrogen and oxygen atoms in total. The summed E-state index contributed by atoms with van der Waals surface area (Å²) in [4.78, 5) is 0. The van der Waals surface area contributed by atoms with E-state index in [0.29, 0.717) is 10.2 Å². The van der Waals surface area contributed by atoms with Crippen LogP contribution in [0.1, 0.15) is 5.56 Å². The van der Waals surface area contributed by atoms with Crippen LogP contribution in [0.3, 0.4) is 0 Å². The summed E-state index contributed by atoms with van der Waals surface area (Å²) in [7, 11) is -3.00. The molecule has 1 aromatic rings. The highest BCUT2D eigenvalue weighted by Gasteiger charge is 2.48. The van der Waals surface area contributed by atoms with Crippen LogP contribution in [0.5, 0.6) is 0 Å². The van der Waals surface area contributed by atoms with Gasteiger partial charge in [-0.25, -0.2) is 13.4 Å². The summed E-state index contributed by atoms with van der Waals surface area (Å²) in [6.07, 6.45) is 1.62. The van der Waals surface area contributed by atoms with Crippen molar-refractivity contribution in [3.05, 3.63) is 34.9 Å². The Morgan fingerprint density at radius 2 is 2.05 bits per heavy atom. The van der Waals surface area contributed by atoms with Gasteiger partial charge in [-0.3, -0.25) is 5.41 Å². The minimum absolute atomic E-state index is 0.0742. The van der Waals surface area contributed by atoms with Gasteiger partial charge in [-0.05, 0) is 17.7 Å². The average Bonchev–Trinajstić information content (AvgIpc) is 2.80. The topological polar surface area (TPSA) is 73.6 Å². The third-order valence-corrected chi connectivity index (χ3v) is 6.63. The number of nitrogens with zero attached hydrogens (tertiary/aromatic N) is 2. The van der Waals surface area contributed by atoms with Crippen LogP contribution in [-0.4, -0.2) is 47.6 Å². The Hall–Kier alpha value is -1.05. The Kier molecular flexibility index (Phi) is 3.51. The maximum atomic E-state index is 11.6. The minimum Gasteiger partial charge on any atom is -0.277 e. The van der Waals surface area contributed by atoms with E-state index in [1.807, 2.05) is 12.1 Å². The van der Waals surface area contributed by atoms with Crippen molar-refractivity contribution in [1.29, 1.82) is 5.41 Å². The summed E-state index contributed by atoms with van der Waals surface area (Å²) in [5.74, 6) is 0.211. The Labute approximate surface area is 126 Å². The van der Waals surface area contributed by atoms with E-state index in [1.165, 1.54) is 16.8 Å². The molecule has 3 rings (SSSR count). The van der Waals surface area contributed by atoms with E-state index < -0.39 is 9.84 Å². The molecule has 2 atom stereocenters. The lowest BCUT2D eigenvalue weighted by Gasteiger charge is -2.17. The maximum absolute atomic E-state index is 11.6. The van der Waals surface area contributed by atoms with E-state index in [9.17, 15) is 8.42 Å². The molecule has 2 heterocycles. The predicted molar refractivity (Wildman–Crippen MR) is 82.4 cm³/mol. The molecule has 0 aliphatic carbocycles. The normalized spacial score (nSPS) is 28.2. The molecule has 106 valence electrons. The molecule has 0 radical (unpaired) electrons. The van der Waals surface area contributed by atoms with E-state index in [0.717, 1.165) is 5.56 Å². The van der Waals surface area contributed by atoms with Crippen LogP contribution in [0.25, 0.3) is 0 Å². The van der Waals surface area contributed by atoms with E-state index in [1.54, 1.807) is 18.3 Å². The fraction of sp³-hybridized carbons (Fsp3) is 0.333. The zero-order valence-corrected chi connectivity index (χ0v) is 12.7. The zero-order valence-electron chi connectivity index (χ0n) is 10.4. The molecule has 0 saturated carbocycles. The summed E-state index contributed by atoms with van der Waals surface area (Å²) >= 11 is 7.09. The standard InChI is InChI=1S/C12H12ClN3O2S2/c13-9-3-1-8(2-4-9)5-15-16-10-6-20(17,18)7-11(10)19-12(16)14/h1-5,10-11,14H,6-7H2/b14-12?,15-5+. The molecule has 0 amide bonds. The fourth-order valence-corrected chi connectivity index (χ4v) is 6.14. The van der Waals surface area contributed by atoms with Gasteiger partial charge in [-0.2, -0.15) is 5.10 Å². The Morgan fingerprint density at radius 1 is 1.35 bits per heavy atom. The maximum Gasteiger partial charge on any atom is 0.177 e. The number of nitrogens with one attached hydrogen (secondary N) is 1. The van der Waals surface area contributed by atoms with Crippen LogP contribution >= 0.6 is 23.4 Å². The van der Waals surface area contributed by atoms with Gasteiger partial charge in [0.1, 0.15) is 0 Å². The molecule has 2 unspecified atom stereocenters. The Morgan fingerprint density at radius 3 is 2.75 bits per heavy atom. The van der Waals surface area contributed by atoms with Crippen molar-refractivity contribution in [3.8, 4) is 0 Å². The van der Waals surface area contributed by atoms with Gasteiger partial charge < -0.3 is 0 Å². The molecule has 8 heteroatoms. The smallest absolute Gasteiger partial charge is 0.177 e. The molecule has 2 aliphatic rings. The SMILES string of the molecule is N=C1SC2CS(=O)(=O)CC2N1/N=C/c1ccc(Cl)cc1. The van der Waals surface area contributed by atoms with E-state index in [-0.39, 0.29) is 22.8 Å². The van der Waals surface area contributed by atoms with Crippen LogP contribution in [0.2, 0.25) is 5.02 Å². The predicted octanol–water partition coefficient (Wildman–Crippen LogP) is 1.82. The number of thioether (sulfide) groups is 1. The lowest BCUT2D eigenvalue weighted by molar-refractivity contribution is 0.376. The van der Waals surface area contributed by atoms with E-state index in [4.69, 9.17) is 17.0 Å². The molecular weight excluding hydrogens is 318 g/mol. The summed E-state index contributed by atoms with van der Waals surface area (Å²) < 4.78 is 23.3. The number of hydrazone groups is 1. The highest BCUT2D eigenvalue weighted by atomic mass is 35.5. The van der Waals surface area contributed by atoms with Crippen LogP contribution < -0.4 is 0 Å². The number of hydrogen-bond donors (Lipinski definition) is 1. The number of rotatable bonds is 2. The average molecular weight is 330 g/mol. The molecule has 1 aromatic carbocycles. The first-order valence-corrected chi connectivity index (χ1v) is 9.07. The van der Waals surface area contributed by atoms with E-state index in [2.05, 4.69) is 5.10 Å². The first-order valence-electron chi connectivity index (χ1n) is 5.99. The van der Waals surface area contributed by atoms with Crippen LogP contribution in [-0.2, 0) is 9.84 Å². The number of halogens is 1. The number of benzene rings is 1. The van der Waals surface area contributed by atoms with Gasteiger partial charge in [-0.1, -0.05) is 35.5 Å². The lowest BCUT2D eigenvalue weighted by Crippen LogP contribution is -2.32. The second-order valence-corrected chi connectivity index (χ2v) is 8.56. The third kappa shape index (κ3) is 2.70. The molecule has 2 saturated heterocycles. The number of sulfone groups is 1. The van der Waals surface area contributed by atoms with E-state index >= 15 is 0 Å². The summed E-state index contributed by atoms with van der Waals surface area (Å²) in [5.41, 5.74) is 0.858. The van der Waals surface area contributed by atoms with Gasteiger partial charge in [0.25, 0.3) is 0 Å². The minimum atomic E-state index is -3.00. The Bertz CT molecular complexity index is 672. The summed E-state index contributed by atoms with van der Waals surface area (Å²) in [5, 5.41) is 14.5. The van der Waals surface area contributed by atoms with Gasteiger partial charge >= 0.3 is 0 Å². The first-order chi connectivity index (χ1) is 9.44. The fourth-order valence-electron chi connectivity index (χ4n) is 2.30. The monoisotopic (exact) mass is 329 g/mol. The molecule has 0 bridgehead atoms. The van der Waals surface area contributed by atoms with Gasteiger partial charge in [0.05, 0.1) is 23.8 Å². The molecule has 0 aromatic heterocycles. The number of hydrogen-bond acceptors (Lipinski definition) is 5. The quantitative estimate of drug-likeness (QED) is 0.840.